The predicted molar refractivity (Wildman–Crippen MR) is 63.3 cm³/mol. The number of benzene rings is 1. The van der Waals surface area contributed by atoms with Gasteiger partial charge in [0, 0.05) is 19.2 Å². The molecule has 0 fully saturated rings. The molecule has 0 unspecified atom stereocenters. The number of likely N-dealkylation sites (N-methyl/N-ethyl adjacent to an activating group) is 1. The minimum absolute atomic E-state index is 0.0615. The van der Waals surface area contributed by atoms with Crippen LogP contribution in [0.1, 0.15) is 15.9 Å². The fourth-order valence-corrected chi connectivity index (χ4v) is 1.33. The van der Waals surface area contributed by atoms with Crippen LogP contribution < -0.4 is 5.73 Å². The molecule has 0 aliphatic carbocycles. The van der Waals surface area contributed by atoms with E-state index in [1.54, 1.807) is 31.3 Å². The molecule has 0 aromatic heterocycles. The normalized spacial score (nSPS) is 9.82. The van der Waals surface area contributed by atoms with Gasteiger partial charge in [-0.25, -0.2) is 0 Å². The highest BCUT2D eigenvalue weighted by Crippen LogP contribution is 2.06. The van der Waals surface area contributed by atoms with Gasteiger partial charge < -0.3 is 15.4 Å². The minimum atomic E-state index is -0.445. The largest absolute Gasteiger partial charge is 0.468 e. The molecule has 0 saturated carbocycles. The van der Waals surface area contributed by atoms with E-state index in [-0.39, 0.29) is 12.5 Å². The van der Waals surface area contributed by atoms with E-state index < -0.39 is 5.97 Å². The second-order valence-electron chi connectivity index (χ2n) is 3.64. The molecule has 1 rings (SSSR count). The lowest BCUT2D eigenvalue weighted by Gasteiger charge is -2.15. The summed E-state index contributed by atoms with van der Waals surface area (Å²) in [6.07, 6.45) is 0. The van der Waals surface area contributed by atoms with Gasteiger partial charge in [0.05, 0.1) is 7.11 Å². The summed E-state index contributed by atoms with van der Waals surface area (Å²) >= 11 is 0. The molecule has 0 saturated heterocycles. The molecule has 0 spiro atoms. The molecule has 5 heteroatoms. The van der Waals surface area contributed by atoms with E-state index in [2.05, 4.69) is 4.74 Å². The standard InChI is InChI=1S/C12H16N2O3/c1-14(8-11(15)17-2)12(16)10-5-3-9(7-13)4-6-10/h3-6H,7-8,13H2,1-2H3. The topological polar surface area (TPSA) is 72.6 Å². The Labute approximate surface area is 100 Å². The van der Waals surface area contributed by atoms with Crippen LogP contribution in [0.3, 0.4) is 0 Å². The maximum Gasteiger partial charge on any atom is 0.325 e. The zero-order chi connectivity index (χ0) is 12.8. The van der Waals surface area contributed by atoms with Gasteiger partial charge in [0.1, 0.15) is 6.54 Å². The number of hydrogen-bond donors (Lipinski definition) is 1. The third kappa shape index (κ3) is 3.57. The maximum atomic E-state index is 11.9. The summed E-state index contributed by atoms with van der Waals surface area (Å²) in [5, 5.41) is 0. The summed E-state index contributed by atoms with van der Waals surface area (Å²) in [6, 6.07) is 6.97. The average Bonchev–Trinajstić information content (AvgIpc) is 2.37. The van der Waals surface area contributed by atoms with Gasteiger partial charge in [-0.05, 0) is 17.7 Å². The van der Waals surface area contributed by atoms with Crippen LogP contribution in [0.25, 0.3) is 0 Å². The van der Waals surface area contributed by atoms with Gasteiger partial charge in [-0.2, -0.15) is 0 Å². The van der Waals surface area contributed by atoms with Crippen LogP contribution in [0, 0.1) is 0 Å². The molecule has 92 valence electrons. The Balaban J connectivity index is 2.71. The van der Waals surface area contributed by atoms with Gasteiger partial charge in [0.25, 0.3) is 5.91 Å². The number of rotatable bonds is 4. The van der Waals surface area contributed by atoms with E-state index in [0.29, 0.717) is 12.1 Å². The number of esters is 1. The molecule has 0 aliphatic rings. The third-order valence-electron chi connectivity index (χ3n) is 2.38. The zero-order valence-electron chi connectivity index (χ0n) is 9.97. The fourth-order valence-electron chi connectivity index (χ4n) is 1.33. The van der Waals surface area contributed by atoms with Crippen molar-refractivity contribution in [2.24, 2.45) is 5.73 Å². The summed E-state index contributed by atoms with van der Waals surface area (Å²) in [7, 11) is 2.84. The molecule has 5 nitrogen and oxygen atoms in total. The van der Waals surface area contributed by atoms with Crippen molar-refractivity contribution in [3.05, 3.63) is 35.4 Å². The van der Waals surface area contributed by atoms with Gasteiger partial charge in [0.2, 0.25) is 0 Å². The molecule has 1 amide bonds. The Morgan fingerprint density at radius 1 is 1.29 bits per heavy atom. The van der Waals surface area contributed by atoms with Gasteiger partial charge in [-0.15, -0.1) is 0 Å². The molecular weight excluding hydrogens is 220 g/mol. The number of nitrogens with zero attached hydrogens (tertiary/aromatic N) is 1. The first-order valence-corrected chi connectivity index (χ1v) is 5.19. The van der Waals surface area contributed by atoms with Crippen LogP contribution in [-0.4, -0.2) is 37.5 Å². The van der Waals surface area contributed by atoms with Crippen molar-refractivity contribution in [3.63, 3.8) is 0 Å². The molecule has 0 radical (unpaired) electrons. The zero-order valence-corrected chi connectivity index (χ0v) is 9.97. The van der Waals surface area contributed by atoms with Gasteiger partial charge in [-0.3, -0.25) is 9.59 Å². The highest BCUT2D eigenvalue weighted by Gasteiger charge is 2.14. The van der Waals surface area contributed by atoms with Crippen LogP contribution in [0.4, 0.5) is 0 Å². The number of ether oxygens (including phenoxy) is 1. The summed E-state index contributed by atoms with van der Waals surface area (Å²) in [4.78, 5) is 24.2. The monoisotopic (exact) mass is 236 g/mol. The van der Waals surface area contributed by atoms with Gasteiger partial charge in [0.15, 0.2) is 0 Å². The number of carbonyl (C=O) groups is 2. The van der Waals surface area contributed by atoms with Crippen molar-refractivity contribution in [1.29, 1.82) is 0 Å². The van der Waals surface area contributed by atoms with E-state index in [9.17, 15) is 9.59 Å². The van der Waals surface area contributed by atoms with Crippen molar-refractivity contribution in [2.45, 2.75) is 6.54 Å². The summed E-state index contributed by atoms with van der Waals surface area (Å²) in [6.45, 7) is 0.375. The number of carbonyl (C=O) groups excluding carboxylic acids is 2. The number of hydrogen-bond acceptors (Lipinski definition) is 4. The van der Waals surface area contributed by atoms with Crippen LogP contribution in [0.5, 0.6) is 0 Å². The second kappa shape index (κ2) is 6.00. The van der Waals surface area contributed by atoms with Crippen molar-refractivity contribution < 1.29 is 14.3 Å². The molecule has 1 aromatic carbocycles. The molecule has 2 N–H and O–H groups in total. The van der Waals surface area contributed by atoms with E-state index in [1.165, 1.54) is 12.0 Å². The van der Waals surface area contributed by atoms with Crippen molar-refractivity contribution in [1.82, 2.24) is 4.90 Å². The molecule has 17 heavy (non-hydrogen) atoms. The van der Waals surface area contributed by atoms with E-state index in [4.69, 9.17) is 5.73 Å². The Bertz CT molecular complexity index is 401. The predicted octanol–water partition coefficient (Wildman–Crippen LogP) is 0.390. The molecular formula is C12H16N2O3. The maximum absolute atomic E-state index is 11.9. The van der Waals surface area contributed by atoms with E-state index >= 15 is 0 Å². The highest BCUT2D eigenvalue weighted by atomic mass is 16.5. The van der Waals surface area contributed by atoms with E-state index in [1.807, 2.05) is 0 Å². The molecule has 1 aromatic rings. The van der Waals surface area contributed by atoms with Crippen molar-refractivity contribution in [2.75, 3.05) is 20.7 Å². The third-order valence-corrected chi connectivity index (χ3v) is 2.38. The van der Waals surface area contributed by atoms with Crippen LogP contribution in [0.15, 0.2) is 24.3 Å². The number of methoxy groups -OCH3 is 1. The minimum Gasteiger partial charge on any atom is -0.468 e. The number of amides is 1. The lowest BCUT2D eigenvalue weighted by atomic mass is 10.1. The Hall–Kier alpha value is -1.88. The molecule has 0 atom stereocenters. The lowest BCUT2D eigenvalue weighted by Crippen LogP contribution is -2.32. The molecule has 0 aliphatic heterocycles. The first kappa shape index (κ1) is 13.2. The van der Waals surface area contributed by atoms with E-state index in [0.717, 1.165) is 5.56 Å². The van der Waals surface area contributed by atoms with Crippen LogP contribution >= 0.6 is 0 Å². The molecule has 0 bridgehead atoms. The highest BCUT2D eigenvalue weighted by molar-refractivity contribution is 5.95. The lowest BCUT2D eigenvalue weighted by molar-refractivity contribution is -0.141. The fraction of sp³-hybridized carbons (Fsp3) is 0.333. The Kier molecular flexibility index (Phi) is 4.66. The average molecular weight is 236 g/mol. The van der Waals surface area contributed by atoms with Crippen LogP contribution in [0.2, 0.25) is 0 Å². The quantitative estimate of drug-likeness (QED) is 0.767. The first-order valence-electron chi connectivity index (χ1n) is 5.19. The second-order valence-corrected chi connectivity index (χ2v) is 3.64. The van der Waals surface area contributed by atoms with Crippen LogP contribution in [-0.2, 0) is 16.1 Å². The Morgan fingerprint density at radius 3 is 2.35 bits per heavy atom. The summed E-state index contributed by atoms with van der Waals surface area (Å²) in [5.41, 5.74) is 6.94. The molecule has 0 heterocycles. The first-order chi connectivity index (χ1) is 8.08. The number of nitrogens with two attached hydrogens (primary N) is 1. The van der Waals surface area contributed by atoms with Crippen molar-refractivity contribution in [3.8, 4) is 0 Å². The van der Waals surface area contributed by atoms with Crippen molar-refractivity contribution >= 4 is 11.9 Å². The smallest absolute Gasteiger partial charge is 0.325 e. The Morgan fingerprint density at radius 2 is 1.88 bits per heavy atom. The van der Waals surface area contributed by atoms with Gasteiger partial charge in [-0.1, -0.05) is 12.1 Å². The SMILES string of the molecule is COC(=O)CN(C)C(=O)c1ccc(CN)cc1. The van der Waals surface area contributed by atoms with Gasteiger partial charge >= 0.3 is 5.97 Å². The summed E-state index contributed by atoms with van der Waals surface area (Å²) < 4.78 is 4.49. The summed E-state index contributed by atoms with van der Waals surface area (Å²) in [5.74, 6) is -0.668.